The number of aliphatic hydroxyl groups is 1. The van der Waals surface area contributed by atoms with Crippen LogP contribution in [0.4, 0.5) is 0 Å². The van der Waals surface area contributed by atoms with Crippen LogP contribution in [-0.2, 0) is 33.4 Å². The second kappa shape index (κ2) is 12.1. The van der Waals surface area contributed by atoms with E-state index in [2.05, 4.69) is 4.98 Å². The minimum Gasteiger partial charge on any atom is -0.484 e. The fourth-order valence-corrected chi connectivity index (χ4v) is 9.78. The average Bonchev–Trinajstić information content (AvgIpc) is 3.03. The zero-order valence-corrected chi connectivity index (χ0v) is 28.2. The van der Waals surface area contributed by atoms with E-state index in [1.165, 1.54) is 38.2 Å². The zero-order valence-electron chi connectivity index (χ0n) is 27.4. The summed E-state index contributed by atoms with van der Waals surface area (Å²) in [7, 11) is -4.38. The van der Waals surface area contributed by atoms with Crippen LogP contribution in [0.15, 0.2) is 75.0 Å². The Hall–Kier alpha value is -4.07. The molecule has 0 spiro atoms. The fraction of sp³-hybridized carbons (Fsp3) is 0.486. The summed E-state index contributed by atoms with van der Waals surface area (Å²) in [4.78, 5) is 42.0. The van der Waals surface area contributed by atoms with Crippen LogP contribution in [0.1, 0.15) is 65.5 Å². The number of esters is 2. The van der Waals surface area contributed by atoms with E-state index in [1.54, 1.807) is 43.5 Å². The highest BCUT2D eigenvalue weighted by molar-refractivity contribution is 7.86. The highest BCUT2D eigenvalue weighted by Crippen LogP contribution is 2.67. The summed E-state index contributed by atoms with van der Waals surface area (Å²) in [5.41, 5.74) is -3.82. The Morgan fingerprint density at radius 3 is 2.42 bits per heavy atom. The van der Waals surface area contributed by atoms with Crippen LogP contribution in [0.25, 0.3) is 11.3 Å². The zero-order chi connectivity index (χ0) is 34.6. The van der Waals surface area contributed by atoms with Crippen LogP contribution < -0.4 is 10.4 Å². The van der Waals surface area contributed by atoms with E-state index in [0.717, 1.165) is 0 Å². The molecule has 3 aliphatic rings. The Labute approximate surface area is 278 Å². The number of rotatable bonds is 7. The van der Waals surface area contributed by atoms with Gasteiger partial charge in [0.05, 0.1) is 11.0 Å². The van der Waals surface area contributed by atoms with Crippen molar-refractivity contribution in [1.29, 1.82) is 0 Å². The number of hydrogen-bond donors (Lipinski definition) is 1. The molecular formula is C35H39NO11S. The lowest BCUT2D eigenvalue weighted by Crippen LogP contribution is -2.71. The van der Waals surface area contributed by atoms with Gasteiger partial charge in [-0.15, -0.1) is 0 Å². The fourth-order valence-electron chi connectivity index (χ4n) is 8.60. The third kappa shape index (κ3) is 5.61. The Kier molecular flexibility index (Phi) is 8.54. The van der Waals surface area contributed by atoms with Crippen LogP contribution in [-0.4, -0.2) is 54.9 Å². The number of aromatic nitrogens is 1. The molecule has 6 rings (SSSR count). The van der Waals surface area contributed by atoms with E-state index in [1.807, 2.05) is 13.8 Å². The van der Waals surface area contributed by atoms with Crippen molar-refractivity contribution in [3.05, 3.63) is 76.9 Å². The second-order valence-corrected chi connectivity index (χ2v) is 15.3. The van der Waals surface area contributed by atoms with Crippen LogP contribution in [0, 0.1) is 22.7 Å². The maximum absolute atomic E-state index is 13.8. The van der Waals surface area contributed by atoms with Crippen molar-refractivity contribution in [3.8, 4) is 17.1 Å². The first kappa shape index (κ1) is 33.8. The van der Waals surface area contributed by atoms with E-state index in [-0.39, 0.29) is 35.0 Å². The van der Waals surface area contributed by atoms with Crippen molar-refractivity contribution in [1.82, 2.24) is 4.98 Å². The minimum absolute atomic E-state index is 0.0420. The van der Waals surface area contributed by atoms with Crippen molar-refractivity contribution < 1.29 is 45.9 Å². The number of carbonyl (C=O) groups excluding carboxylic acids is 2. The third-order valence-corrected chi connectivity index (χ3v) is 12.0. The Balaban J connectivity index is 1.53. The summed E-state index contributed by atoms with van der Waals surface area (Å²) >= 11 is 0. The van der Waals surface area contributed by atoms with Gasteiger partial charge in [0.1, 0.15) is 41.5 Å². The molecule has 2 aliphatic carbocycles. The number of ether oxygens (including phenoxy) is 3. The Bertz CT molecular complexity index is 1880. The Morgan fingerprint density at radius 2 is 1.77 bits per heavy atom. The molecule has 3 unspecified atom stereocenters. The van der Waals surface area contributed by atoms with Gasteiger partial charge in [0.25, 0.3) is 10.1 Å². The van der Waals surface area contributed by atoms with Gasteiger partial charge in [-0.05, 0) is 61.8 Å². The summed E-state index contributed by atoms with van der Waals surface area (Å²) < 4.78 is 57.4. The number of pyridine rings is 1. The molecule has 2 fully saturated rings. The van der Waals surface area contributed by atoms with Crippen LogP contribution in [0.2, 0.25) is 0 Å². The van der Waals surface area contributed by atoms with Crippen molar-refractivity contribution in [2.45, 2.75) is 82.7 Å². The molecule has 13 heteroatoms. The maximum Gasteiger partial charge on any atom is 0.345 e. The predicted octanol–water partition coefficient (Wildman–Crippen LogP) is 4.60. The molecule has 8 atom stereocenters. The van der Waals surface area contributed by atoms with E-state index in [4.69, 9.17) is 22.8 Å². The van der Waals surface area contributed by atoms with E-state index in [0.29, 0.717) is 18.4 Å². The average molecular weight is 682 g/mol. The largest absolute Gasteiger partial charge is 0.484 e. The monoisotopic (exact) mass is 681 g/mol. The maximum atomic E-state index is 13.8. The molecule has 3 heterocycles. The standard InChI is InChI=1S/C35H39NO11S/c1-20(37)43-19-34(4)26-17-28(47-48(41,42)23-11-7-6-8-12-23)35(5)31(33(26,3)14-13-27(34)44-21(2)38)30(39)29-25(46-35)16-24(45-32(29)40)22-10-9-15-36-18-22/h6-12,15-16,18,26-28,30-31,39H,13-14,17,19H2,1-5H3/t26?,27-,28-,30-,31?,33-,34?,35+/m0/s1. The smallest absolute Gasteiger partial charge is 0.345 e. The van der Waals surface area contributed by atoms with E-state index < -0.39 is 74.3 Å². The summed E-state index contributed by atoms with van der Waals surface area (Å²) in [5, 5.41) is 12.3. The van der Waals surface area contributed by atoms with Gasteiger partial charge in [0.2, 0.25) is 0 Å². The van der Waals surface area contributed by atoms with Crippen molar-refractivity contribution in [2.24, 2.45) is 22.7 Å². The van der Waals surface area contributed by atoms with Crippen LogP contribution in [0.3, 0.4) is 0 Å². The summed E-state index contributed by atoms with van der Waals surface area (Å²) in [5.74, 6) is -2.34. The number of carbonyl (C=O) groups is 2. The molecular weight excluding hydrogens is 642 g/mol. The lowest BCUT2D eigenvalue weighted by atomic mass is 9.42. The normalized spacial score (nSPS) is 32.5. The lowest BCUT2D eigenvalue weighted by Gasteiger charge is -2.66. The third-order valence-electron chi connectivity index (χ3n) is 10.7. The molecule has 0 saturated heterocycles. The Morgan fingerprint density at radius 1 is 1.04 bits per heavy atom. The molecule has 2 saturated carbocycles. The number of aliphatic hydroxyl groups excluding tert-OH is 1. The van der Waals surface area contributed by atoms with Gasteiger partial charge in [0.15, 0.2) is 0 Å². The topological polar surface area (TPSA) is 169 Å². The number of fused-ring (bicyclic) bond motifs is 4. The van der Waals surface area contributed by atoms with E-state index >= 15 is 0 Å². The molecule has 48 heavy (non-hydrogen) atoms. The molecule has 2 aromatic heterocycles. The quantitative estimate of drug-likeness (QED) is 0.272. The molecule has 1 N–H and O–H groups in total. The van der Waals surface area contributed by atoms with Crippen molar-refractivity contribution in [3.63, 3.8) is 0 Å². The predicted molar refractivity (Wildman–Crippen MR) is 170 cm³/mol. The lowest BCUT2D eigenvalue weighted by molar-refractivity contribution is -0.262. The van der Waals surface area contributed by atoms with Gasteiger partial charge in [0, 0.05) is 49.2 Å². The van der Waals surface area contributed by atoms with Gasteiger partial charge in [-0.3, -0.25) is 18.8 Å². The highest BCUT2D eigenvalue weighted by Gasteiger charge is 2.71. The first-order valence-electron chi connectivity index (χ1n) is 15.8. The molecule has 1 aromatic carbocycles. The highest BCUT2D eigenvalue weighted by atomic mass is 32.2. The molecule has 256 valence electrons. The molecule has 0 amide bonds. The molecule has 0 radical (unpaired) electrons. The van der Waals surface area contributed by atoms with Crippen LogP contribution in [0.5, 0.6) is 5.75 Å². The van der Waals surface area contributed by atoms with Crippen molar-refractivity contribution in [2.75, 3.05) is 6.61 Å². The second-order valence-electron chi connectivity index (χ2n) is 13.7. The van der Waals surface area contributed by atoms with Crippen molar-refractivity contribution >= 4 is 22.1 Å². The van der Waals surface area contributed by atoms with Gasteiger partial charge in [-0.1, -0.05) is 32.0 Å². The van der Waals surface area contributed by atoms with Gasteiger partial charge < -0.3 is 23.7 Å². The number of benzene rings is 1. The summed E-state index contributed by atoms with van der Waals surface area (Å²) in [6, 6.07) is 12.6. The van der Waals surface area contributed by atoms with Gasteiger partial charge >= 0.3 is 17.6 Å². The number of hydrogen-bond acceptors (Lipinski definition) is 12. The van der Waals surface area contributed by atoms with Gasteiger partial charge in [-0.25, -0.2) is 4.79 Å². The molecule has 0 bridgehead atoms. The van der Waals surface area contributed by atoms with E-state index in [9.17, 15) is 27.9 Å². The SMILES string of the molecule is CC(=O)OCC1(C)C2C[C@H](OS(=O)(=O)c3ccccc3)[C@@]3(C)Oc4cc(-c5cccnc5)oc(=O)c4[C@H](O)C3[C@@]2(C)CC[C@@H]1OC(C)=O. The van der Waals surface area contributed by atoms with Crippen LogP contribution >= 0.6 is 0 Å². The molecule has 3 aromatic rings. The molecule has 1 aliphatic heterocycles. The molecule has 12 nitrogen and oxygen atoms in total. The summed E-state index contributed by atoms with van der Waals surface area (Å²) in [6.45, 7) is 7.89. The minimum atomic E-state index is -4.38. The first-order valence-corrected chi connectivity index (χ1v) is 17.3. The van der Waals surface area contributed by atoms with Gasteiger partial charge in [-0.2, -0.15) is 8.42 Å². The summed E-state index contributed by atoms with van der Waals surface area (Å²) in [6.07, 6.45) is 0.511. The first-order chi connectivity index (χ1) is 22.6. The number of nitrogens with zero attached hydrogens (tertiary/aromatic N) is 1.